The molecule has 8 N–H and O–H groups in total. The molecule has 2 aliphatic heterocycles. The molecule has 0 amide bonds. The first-order chi connectivity index (χ1) is 26.7. The van der Waals surface area contributed by atoms with E-state index in [0.717, 1.165) is 24.5 Å². The highest BCUT2D eigenvalue weighted by molar-refractivity contribution is 5.98. The molecule has 4 atom stereocenters. The Kier molecular flexibility index (Phi) is 17.8. The summed E-state index contributed by atoms with van der Waals surface area (Å²) in [6.07, 6.45) is 1.46. The van der Waals surface area contributed by atoms with Gasteiger partial charge in [0.05, 0.1) is 73.4 Å². The lowest BCUT2D eigenvalue weighted by molar-refractivity contribution is 0.0684. The summed E-state index contributed by atoms with van der Waals surface area (Å²) >= 11 is 0. The van der Waals surface area contributed by atoms with Crippen LogP contribution in [0.2, 0.25) is 0 Å². The van der Waals surface area contributed by atoms with E-state index >= 15 is 8.78 Å². The average Bonchev–Trinajstić information content (AvgIpc) is 3.73. The van der Waals surface area contributed by atoms with Crippen molar-refractivity contribution < 1.29 is 61.8 Å². The number of nitrogens with zero attached hydrogens (tertiary/aromatic N) is 4. The Labute approximate surface area is 346 Å². The Bertz CT molecular complexity index is 2130. The third-order valence-corrected chi connectivity index (χ3v) is 9.86. The molecule has 0 radical (unpaired) electrons. The summed E-state index contributed by atoms with van der Waals surface area (Å²) in [4.78, 5) is 51.2. The molecule has 2 aromatic heterocycles. The number of carboxylic acids is 2. The predicted molar refractivity (Wildman–Crippen MR) is 215 cm³/mol. The van der Waals surface area contributed by atoms with Crippen LogP contribution in [0.5, 0.6) is 11.5 Å². The standard InChI is InChI=1S/2C18H21F2N3O5.2ClH.H2O/c2*1-27-13-8-23(7-12(13)21)15-11(20)5-9-14(17(15)28-2)22(4-3-19)6-10(16(9)24)18(25)26;;;/h2*5-6,12-13H,3-4,7-8,21H2,1-2H3,(H,25,26);2*1H;1H2. The fourth-order valence-corrected chi connectivity index (χ4v) is 7.26. The molecule has 59 heavy (non-hydrogen) atoms. The van der Waals surface area contributed by atoms with Crippen LogP contribution in [0, 0.1) is 11.6 Å². The molecule has 4 aromatic rings. The fraction of sp³-hybridized carbons (Fsp3) is 0.444. The number of ether oxygens (including phenoxy) is 4. The lowest BCUT2D eigenvalue weighted by Gasteiger charge is -2.24. The molecule has 4 unspecified atom stereocenters. The minimum atomic E-state index is -1.48. The maximum Gasteiger partial charge on any atom is 0.341 e. The number of methoxy groups -OCH3 is 4. The number of carboxylic acid groups (broad SMARTS) is 2. The van der Waals surface area contributed by atoms with Crippen molar-refractivity contribution in [1.82, 2.24) is 9.13 Å². The number of hydrogen-bond acceptors (Lipinski definition) is 12. The number of hydrogen-bond donors (Lipinski definition) is 4. The first-order valence-electron chi connectivity index (χ1n) is 17.2. The smallest absolute Gasteiger partial charge is 0.341 e. The molecular weight excluding hydrogens is 839 g/mol. The third kappa shape index (κ3) is 9.45. The summed E-state index contributed by atoms with van der Waals surface area (Å²) in [6, 6.07) is 1.21. The van der Waals surface area contributed by atoms with Crippen molar-refractivity contribution in [3.63, 3.8) is 0 Å². The number of aromatic nitrogens is 2. The number of carbonyl (C=O) groups is 2. The van der Waals surface area contributed by atoms with E-state index in [0.29, 0.717) is 13.1 Å². The van der Waals surface area contributed by atoms with Crippen molar-refractivity contribution in [3.05, 3.63) is 67.7 Å². The molecule has 0 bridgehead atoms. The molecular formula is C36H46Cl2F4N6O11. The van der Waals surface area contributed by atoms with E-state index in [2.05, 4.69) is 0 Å². The quantitative estimate of drug-likeness (QED) is 0.149. The molecule has 4 heterocycles. The zero-order valence-corrected chi connectivity index (χ0v) is 33.8. The van der Waals surface area contributed by atoms with Crippen LogP contribution in [0.25, 0.3) is 21.8 Å². The summed E-state index contributed by atoms with van der Waals surface area (Å²) in [7, 11) is 5.62. The zero-order valence-electron chi connectivity index (χ0n) is 32.2. The summed E-state index contributed by atoms with van der Waals surface area (Å²) < 4.78 is 80.2. The Hall–Kier alpha value is -4.90. The van der Waals surface area contributed by atoms with Gasteiger partial charge in [0, 0.05) is 52.8 Å². The van der Waals surface area contributed by atoms with E-state index < -0.39 is 58.9 Å². The molecule has 0 aliphatic carbocycles. The fourth-order valence-electron chi connectivity index (χ4n) is 7.26. The number of fused-ring (bicyclic) bond motifs is 2. The molecule has 2 saturated heterocycles. The molecule has 0 spiro atoms. The van der Waals surface area contributed by atoms with Crippen molar-refractivity contribution in [3.8, 4) is 11.5 Å². The first-order valence-corrected chi connectivity index (χ1v) is 17.2. The molecule has 0 saturated carbocycles. The highest BCUT2D eigenvalue weighted by Crippen LogP contribution is 2.41. The van der Waals surface area contributed by atoms with Gasteiger partial charge in [-0.15, -0.1) is 24.8 Å². The number of nitrogens with two attached hydrogens (primary N) is 2. The van der Waals surface area contributed by atoms with E-state index in [1.54, 1.807) is 9.80 Å². The van der Waals surface area contributed by atoms with Crippen LogP contribution in [0.3, 0.4) is 0 Å². The molecule has 2 aliphatic rings. The second-order valence-corrected chi connectivity index (χ2v) is 13.1. The molecule has 328 valence electrons. The number of pyridine rings is 2. The second-order valence-electron chi connectivity index (χ2n) is 13.1. The first kappa shape index (κ1) is 50.2. The second kappa shape index (κ2) is 20.9. The van der Waals surface area contributed by atoms with Crippen molar-refractivity contribution in [2.75, 3.05) is 77.8 Å². The van der Waals surface area contributed by atoms with E-state index in [9.17, 15) is 38.2 Å². The lowest BCUT2D eigenvalue weighted by Crippen LogP contribution is -2.34. The van der Waals surface area contributed by atoms with Gasteiger partial charge in [-0.1, -0.05) is 0 Å². The van der Waals surface area contributed by atoms with Gasteiger partial charge in [0.2, 0.25) is 10.9 Å². The average molecular weight is 886 g/mol. The van der Waals surface area contributed by atoms with Crippen molar-refractivity contribution >= 4 is 69.9 Å². The van der Waals surface area contributed by atoms with Crippen LogP contribution in [-0.4, -0.2) is 129 Å². The van der Waals surface area contributed by atoms with Gasteiger partial charge in [0.25, 0.3) is 0 Å². The monoisotopic (exact) mass is 884 g/mol. The van der Waals surface area contributed by atoms with Gasteiger partial charge >= 0.3 is 11.9 Å². The van der Waals surface area contributed by atoms with Crippen LogP contribution in [-0.2, 0) is 22.6 Å². The molecule has 2 aromatic carbocycles. The zero-order chi connectivity index (χ0) is 41.2. The Morgan fingerprint density at radius 3 is 1.29 bits per heavy atom. The number of aryl methyl sites for hydroxylation is 2. The van der Waals surface area contributed by atoms with E-state index in [1.807, 2.05) is 0 Å². The highest BCUT2D eigenvalue weighted by atomic mass is 35.5. The minimum absolute atomic E-state index is 0. The van der Waals surface area contributed by atoms with Crippen LogP contribution in [0.4, 0.5) is 28.9 Å². The topological polar surface area (TPSA) is 246 Å². The number of alkyl halides is 2. The predicted octanol–water partition coefficient (Wildman–Crippen LogP) is 1.98. The normalized spacial score (nSPS) is 18.4. The lowest BCUT2D eigenvalue weighted by atomic mass is 10.1. The van der Waals surface area contributed by atoms with Gasteiger partial charge in [0.15, 0.2) is 23.1 Å². The van der Waals surface area contributed by atoms with Gasteiger partial charge in [-0.25, -0.2) is 27.2 Å². The summed E-state index contributed by atoms with van der Waals surface area (Å²) in [6.45, 7) is -0.887. The maximum atomic E-state index is 15.0. The maximum absolute atomic E-state index is 15.0. The van der Waals surface area contributed by atoms with Crippen LogP contribution < -0.4 is 41.6 Å². The van der Waals surface area contributed by atoms with E-state index in [-0.39, 0.29) is 125 Å². The number of rotatable bonds is 12. The van der Waals surface area contributed by atoms with Crippen LogP contribution in [0.15, 0.2) is 34.1 Å². The molecule has 2 fully saturated rings. The van der Waals surface area contributed by atoms with E-state index in [4.69, 9.17) is 30.4 Å². The van der Waals surface area contributed by atoms with Crippen LogP contribution >= 0.6 is 24.8 Å². The summed E-state index contributed by atoms with van der Waals surface area (Å²) in [5.74, 6) is -4.45. The van der Waals surface area contributed by atoms with Crippen molar-refractivity contribution in [2.24, 2.45) is 11.5 Å². The Morgan fingerprint density at radius 1 is 0.695 bits per heavy atom. The minimum Gasteiger partial charge on any atom is -0.492 e. The molecule has 23 heteroatoms. The number of halogens is 6. The highest BCUT2D eigenvalue weighted by Gasteiger charge is 2.36. The largest absolute Gasteiger partial charge is 0.492 e. The van der Waals surface area contributed by atoms with Gasteiger partial charge < -0.3 is 65.0 Å². The van der Waals surface area contributed by atoms with Gasteiger partial charge in [-0.3, -0.25) is 9.59 Å². The summed E-state index contributed by atoms with van der Waals surface area (Å²) in [5, 5.41) is 18.1. The number of aromatic carboxylic acids is 2. The third-order valence-electron chi connectivity index (χ3n) is 9.86. The van der Waals surface area contributed by atoms with Gasteiger partial charge in [-0.2, -0.15) is 0 Å². The van der Waals surface area contributed by atoms with Gasteiger partial charge in [-0.05, 0) is 12.1 Å². The Morgan fingerprint density at radius 2 is 1.03 bits per heavy atom. The number of anilines is 2. The Balaban J connectivity index is 0.000000387. The van der Waals surface area contributed by atoms with Crippen molar-refractivity contribution in [2.45, 2.75) is 37.4 Å². The molecule has 17 nitrogen and oxygen atoms in total. The number of benzene rings is 2. The SMILES string of the molecule is COc1c(N2CC(N)C(OC)C2)c(F)cc2c(=O)c(C(=O)O)cn(CCF)c12.COc1c(N2CC(N)C(OC)C2)c(F)cc2c(=O)c(C(=O)O)cn(CCF)c12.Cl.Cl.O. The van der Waals surface area contributed by atoms with E-state index in [1.165, 1.54) is 37.6 Å². The van der Waals surface area contributed by atoms with Crippen LogP contribution in [0.1, 0.15) is 20.7 Å². The van der Waals surface area contributed by atoms with Crippen molar-refractivity contribution in [1.29, 1.82) is 0 Å². The van der Waals surface area contributed by atoms with Gasteiger partial charge in [0.1, 0.15) is 35.9 Å². The molecule has 6 rings (SSSR count). The summed E-state index contributed by atoms with van der Waals surface area (Å²) in [5.41, 5.74) is 9.57.